The van der Waals surface area contributed by atoms with Crippen molar-refractivity contribution in [1.29, 1.82) is 0 Å². The van der Waals surface area contributed by atoms with Gasteiger partial charge in [-0.1, -0.05) is 30.3 Å². The van der Waals surface area contributed by atoms with Crippen LogP contribution in [0, 0.1) is 0 Å². The fraction of sp³-hybridized carbons (Fsp3) is 0.316. The lowest BCUT2D eigenvalue weighted by atomic mass is 10.1. The lowest BCUT2D eigenvalue weighted by molar-refractivity contribution is -0.0784. The quantitative estimate of drug-likeness (QED) is 0.643. The molecular formula is C19H20N2O4S. The molecule has 1 aromatic carbocycles. The summed E-state index contributed by atoms with van der Waals surface area (Å²) in [5.74, 6) is 0.839. The Bertz CT molecular complexity index is 886. The second-order valence-corrected chi connectivity index (χ2v) is 7.50. The Hall–Kier alpha value is -2.06. The molecule has 136 valence electrons. The first-order chi connectivity index (χ1) is 12.6. The van der Waals surface area contributed by atoms with Crippen LogP contribution in [-0.4, -0.2) is 54.2 Å². The number of aliphatic hydroxyl groups excluding tert-OH is 3. The molecule has 6 nitrogen and oxygen atoms in total. The normalized spacial score (nSPS) is 26.1. The van der Waals surface area contributed by atoms with E-state index in [1.165, 1.54) is 17.3 Å². The van der Waals surface area contributed by atoms with Crippen LogP contribution < -0.4 is 4.74 Å². The largest absolute Gasteiger partial charge is 0.473 e. The predicted molar refractivity (Wildman–Crippen MR) is 99.3 cm³/mol. The van der Waals surface area contributed by atoms with E-state index in [4.69, 9.17) is 4.74 Å². The van der Waals surface area contributed by atoms with Crippen molar-refractivity contribution >= 4 is 17.4 Å². The van der Waals surface area contributed by atoms with Crippen molar-refractivity contribution in [2.75, 3.05) is 5.75 Å². The smallest absolute Gasteiger partial charge is 0.180 e. The summed E-state index contributed by atoms with van der Waals surface area (Å²) in [6, 6.07) is 13.7. The topological polar surface area (TPSA) is 87.2 Å². The van der Waals surface area contributed by atoms with E-state index in [2.05, 4.69) is 17.1 Å². The highest BCUT2D eigenvalue weighted by Gasteiger charge is 2.38. The predicted octanol–water partition coefficient (Wildman–Crippen LogP) is 1.46. The van der Waals surface area contributed by atoms with Crippen LogP contribution >= 0.6 is 11.8 Å². The first-order valence-corrected chi connectivity index (χ1v) is 9.49. The number of nitrogens with zero attached hydrogens (tertiary/aromatic N) is 2. The molecule has 7 heteroatoms. The van der Waals surface area contributed by atoms with Crippen molar-refractivity contribution in [3.8, 4) is 5.75 Å². The second-order valence-electron chi connectivity index (χ2n) is 6.37. The first-order valence-electron chi connectivity index (χ1n) is 8.45. The Morgan fingerprint density at radius 2 is 1.88 bits per heavy atom. The molecule has 1 saturated heterocycles. The first kappa shape index (κ1) is 17.4. The number of pyridine rings is 1. The minimum absolute atomic E-state index is 0.305. The maximum Gasteiger partial charge on any atom is 0.180 e. The van der Waals surface area contributed by atoms with Gasteiger partial charge >= 0.3 is 0 Å². The van der Waals surface area contributed by atoms with Crippen LogP contribution in [-0.2, 0) is 6.42 Å². The van der Waals surface area contributed by atoms with Crippen LogP contribution in [0.2, 0.25) is 0 Å². The molecule has 1 aliphatic heterocycles. The monoisotopic (exact) mass is 372 g/mol. The molecule has 3 heterocycles. The highest BCUT2D eigenvalue weighted by Crippen LogP contribution is 2.31. The Kier molecular flexibility index (Phi) is 4.86. The van der Waals surface area contributed by atoms with Crippen molar-refractivity contribution in [2.45, 2.75) is 30.2 Å². The maximum absolute atomic E-state index is 10.2. The zero-order valence-corrected chi connectivity index (χ0v) is 14.8. The van der Waals surface area contributed by atoms with Crippen LogP contribution in [0.5, 0.6) is 5.75 Å². The average molecular weight is 372 g/mol. The molecule has 0 spiro atoms. The Morgan fingerprint density at radius 3 is 2.69 bits per heavy atom. The molecule has 0 radical (unpaired) electrons. The fourth-order valence-electron chi connectivity index (χ4n) is 3.03. The van der Waals surface area contributed by atoms with Gasteiger partial charge in [-0.2, -0.15) is 0 Å². The highest BCUT2D eigenvalue weighted by molar-refractivity contribution is 7.99. The number of rotatable bonds is 4. The molecule has 0 unspecified atom stereocenters. The minimum Gasteiger partial charge on any atom is -0.473 e. The van der Waals surface area contributed by atoms with Crippen LogP contribution in [0.3, 0.4) is 0 Å². The van der Waals surface area contributed by atoms with E-state index in [1.54, 1.807) is 6.07 Å². The molecule has 0 saturated carbocycles. The second kappa shape index (κ2) is 7.28. The number of hydrogen-bond acceptors (Lipinski definition) is 6. The van der Waals surface area contributed by atoms with Gasteiger partial charge in [0.05, 0.1) is 11.8 Å². The van der Waals surface area contributed by atoms with Crippen molar-refractivity contribution in [3.63, 3.8) is 0 Å². The number of hydrogen-bond donors (Lipinski definition) is 3. The van der Waals surface area contributed by atoms with E-state index in [-0.39, 0.29) is 0 Å². The molecule has 0 bridgehead atoms. The van der Waals surface area contributed by atoms with E-state index in [0.717, 1.165) is 5.69 Å². The molecule has 3 N–H and O–H groups in total. The van der Waals surface area contributed by atoms with Gasteiger partial charge in [0, 0.05) is 24.6 Å². The number of ether oxygens (including phenoxy) is 1. The van der Waals surface area contributed by atoms with Gasteiger partial charge in [-0.3, -0.25) is 0 Å². The molecule has 3 aromatic rings. The molecule has 1 aliphatic rings. The molecule has 26 heavy (non-hydrogen) atoms. The number of thioether (sulfide) groups is 1. The molecular weight excluding hydrogens is 352 g/mol. The lowest BCUT2D eigenvalue weighted by Gasteiger charge is -2.34. The summed E-state index contributed by atoms with van der Waals surface area (Å²) < 4.78 is 7.81. The average Bonchev–Trinajstić information content (AvgIpc) is 3.06. The molecule has 4 atom stereocenters. The summed E-state index contributed by atoms with van der Waals surface area (Å²) in [4.78, 5) is 4.67. The van der Waals surface area contributed by atoms with E-state index in [1.807, 2.05) is 41.1 Å². The molecule has 4 rings (SSSR count). The van der Waals surface area contributed by atoms with Gasteiger partial charge in [0.1, 0.15) is 12.2 Å². The third-order valence-electron chi connectivity index (χ3n) is 4.42. The van der Waals surface area contributed by atoms with Crippen LogP contribution in [0.4, 0.5) is 0 Å². The van der Waals surface area contributed by atoms with Gasteiger partial charge in [-0.15, -0.1) is 11.8 Å². The summed E-state index contributed by atoms with van der Waals surface area (Å²) in [5, 5.41) is 29.7. The fourth-order valence-corrected chi connectivity index (χ4v) is 4.14. The van der Waals surface area contributed by atoms with E-state index in [9.17, 15) is 15.3 Å². The van der Waals surface area contributed by atoms with E-state index < -0.39 is 23.7 Å². The minimum atomic E-state index is -1.21. The van der Waals surface area contributed by atoms with E-state index in [0.29, 0.717) is 23.6 Å². The van der Waals surface area contributed by atoms with E-state index >= 15 is 0 Å². The summed E-state index contributed by atoms with van der Waals surface area (Å²) >= 11 is 1.28. The number of aromatic nitrogens is 2. The Balaban J connectivity index is 1.58. The summed E-state index contributed by atoms with van der Waals surface area (Å²) in [5.41, 5.74) is 2.09. The zero-order valence-electron chi connectivity index (χ0n) is 14.0. The van der Waals surface area contributed by atoms with Gasteiger partial charge in [0.2, 0.25) is 0 Å². The maximum atomic E-state index is 10.2. The lowest BCUT2D eigenvalue weighted by Crippen LogP contribution is -2.50. The van der Waals surface area contributed by atoms with Crippen LogP contribution in [0.1, 0.15) is 11.3 Å². The SMILES string of the molecule is O[C@@H]1[C@@H](O)[C@@H](Oc2cccn3cc(Cc4ccccc4)nc23)SC[C@H]1O. The standard InChI is InChI=1S/C19H20N2O4S/c22-14-11-26-19(17(24)16(14)23)25-15-7-4-8-21-10-13(20-18(15)21)9-12-5-2-1-3-6-12/h1-8,10,14,16-17,19,22-24H,9,11H2/t14-,16+,17-,19+/m1/s1. The molecule has 0 amide bonds. The summed E-state index contributed by atoms with van der Waals surface area (Å²) in [6.45, 7) is 0. The van der Waals surface area contributed by atoms with Gasteiger partial charge in [0.25, 0.3) is 0 Å². The molecule has 2 aromatic heterocycles. The van der Waals surface area contributed by atoms with Gasteiger partial charge < -0.3 is 24.5 Å². The zero-order chi connectivity index (χ0) is 18.1. The van der Waals surface area contributed by atoms with Crippen LogP contribution in [0.25, 0.3) is 5.65 Å². The van der Waals surface area contributed by atoms with Crippen molar-refractivity contribution in [1.82, 2.24) is 9.38 Å². The third kappa shape index (κ3) is 3.43. The summed E-state index contributed by atoms with van der Waals surface area (Å²) in [6.07, 6.45) is 1.24. The van der Waals surface area contributed by atoms with Crippen LogP contribution in [0.15, 0.2) is 54.9 Å². The summed E-state index contributed by atoms with van der Waals surface area (Å²) in [7, 11) is 0. The van der Waals surface area contributed by atoms with Crippen molar-refractivity contribution in [2.24, 2.45) is 0 Å². The molecule has 0 aliphatic carbocycles. The molecule has 1 fully saturated rings. The van der Waals surface area contributed by atoms with Crippen molar-refractivity contribution < 1.29 is 20.1 Å². The Morgan fingerprint density at radius 1 is 1.08 bits per heavy atom. The number of benzene rings is 1. The van der Waals surface area contributed by atoms with Gasteiger partial charge in [-0.05, 0) is 17.7 Å². The number of fused-ring (bicyclic) bond motifs is 1. The highest BCUT2D eigenvalue weighted by atomic mass is 32.2. The van der Waals surface area contributed by atoms with Gasteiger partial charge in [0.15, 0.2) is 16.8 Å². The number of imidazole rings is 1. The van der Waals surface area contributed by atoms with Gasteiger partial charge in [-0.25, -0.2) is 4.98 Å². The van der Waals surface area contributed by atoms with Crippen molar-refractivity contribution in [3.05, 3.63) is 66.1 Å². The third-order valence-corrected chi connectivity index (χ3v) is 5.66. The Labute approximate surface area is 155 Å². The number of aliphatic hydroxyl groups is 3.